The minimum Gasteiger partial charge on any atom is -0.329 e. The number of nitrogens with two attached hydrogens (primary N) is 1. The van der Waals surface area contributed by atoms with Crippen molar-refractivity contribution in [3.05, 3.63) is 34.9 Å². The van der Waals surface area contributed by atoms with Crippen LogP contribution in [0.15, 0.2) is 18.2 Å². The second kappa shape index (κ2) is 5.41. The molecule has 100 valence electrons. The van der Waals surface area contributed by atoms with Gasteiger partial charge in [-0.15, -0.1) is 0 Å². The molecule has 2 rings (SSSR count). The average Bonchev–Trinajstić information content (AvgIpc) is 2.93. The molecular weight excluding hydrogens is 220 g/mol. The third kappa shape index (κ3) is 3.12. The van der Waals surface area contributed by atoms with Gasteiger partial charge in [-0.1, -0.05) is 36.2 Å². The molecule has 1 fully saturated rings. The lowest BCUT2D eigenvalue weighted by atomic mass is 10.00. The quantitative estimate of drug-likeness (QED) is 0.865. The highest BCUT2D eigenvalue weighted by Crippen LogP contribution is 2.39. The van der Waals surface area contributed by atoms with E-state index in [1.165, 1.54) is 29.7 Å². The van der Waals surface area contributed by atoms with Gasteiger partial charge in [0.05, 0.1) is 0 Å². The molecule has 18 heavy (non-hydrogen) atoms. The van der Waals surface area contributed by atoms with Crippen LogP contribution in [0.4, 0.5) is 0 Å². The van der Waals surface area contributed by atoms with Gasteiger partial charge < -0.3 is 5.73 Å². The molecule has 0 saturated heterocycles. The summed E-state index contributed by atoms with van der Waals surface area (Å²) in [5, 5.41) is 0. The number of benzene rings is 1. The number of likely N-dealkylation sites (N-methyl/N-ethyl adjacent to an activating group) is 1. The van der Waals surface area contributed by atoms with Crippen LogP contribution in [0, 0.1) is 25.7 Å². The third-order valence-electron chi connectivity index (χ3n) is 4.18. The monoisotopic (exact) mass is 246 g/mol. The molecule has 0 radical (unpaired) electrons. The summed E-state index contributed by atoms with van der Waals surface area (Å²) in [5.74, 6) is 1.79. The summed E-state index contributed by atoms with van der Waals surface area (Å²) in [6.45, 7) is 8.53. The lowest BCUT2D eigenvalue weighted by Crippen LogP contribution is -2.32. The highest BCUT2D eigenvalue weighted by atomic mass is 15.1. The number of nitrogens with zero attached hydrogens (tertiary/aromatic N) is 1. The lowest BCUT2D eigenvalue weighted by Gasteiger charge is -2.28. The van der Waals surface area contributed by atoms with E-state index >= 15 is 0 Å². The van der Waals surface area contributed by atoms with Crippen molar-refractivity contribution < 1.29 is 0 Å². The van der Waals surface area contributed by atoms with E-state index < -0.39 is 0 Å². The van der Waals surface area contributed by atoms with Gasteiger partial charge >= 0.3 is 0 Å². The predicted molar refractivity (Wildman–Crippen MR) is 77.6 cm³/mol. The first-order chi connectivity index (χ1) is 8.51. The summed E-state index contributed by atoms with van der Waals surface area (Å²) in [5.41, 5.74) is 10.0. The standard InChI is InChI=1S/C16H26N2/c1-11-5-12(2)7-14(6-11)16(9-17)18(4)10-15-8-13(15)3/h5-7,13,15-16H,8-10,17H2,1-4H3. The van der Waals surface area contributed by atoms with Crippen LogP contribution in [0.3, 0.4) is 0 Å². The van der Waals surface area contributed by atoms with E-state index in [-0.39, 0.29) is 0 Å². The minimum absolute atomic E-state index is 0.358. The van der Waals surface area contributed by atoms with E-state index in [9.17, 15) is 0 Å². The number of aryl methyl sites for hydroxylation is 2. The largest absolute Gasteiger partial charge is 0.329 e. The van der Waals surface area contributed by atoms with Gasteiger partial charge in [-0.05, 0) is 44.7 Å². The molecule has 1 aliphatic rings. The van der Waals surface area contributed by atoms with Crippen LogP contribution in [0.25, 0.3) is 0 Å². The smallest absolute Gasteiger partial charge is 0.0467 e. The van der Waals surface area contributed by atoms with Gasteiger partial charge in [-0.25, -0.2) is 0 Å². The Labute approximate surface area is 111 Å². The van der Waals surface area contributed by atoms with Crippen molar-refractivity contribution in [1.82, 2.24) is 4.90 Å². The highest BCUT2D eigenvalue weighted by molar-refractivity contribution is 5.31. The molecule has 0 bridgehead atoms. The summed E-state index contributed by atoms with van der Waals surface area (Å²) in [4.78, 5) is 2.43. The predicted octanol–water partition coefficient (Wildman–Crippen LogP) is 2.89. The van der Waals surface area contributed by atoms with Gasteiger partial charge in [0, 0.05) is 19.1 Å². The molecule has 0 spiro atoms. The van der Waals surface area contributed by atoms with E-state index in [2.05, 4.69) is 50.9 Å². The maximum Gasteiger partial charge on any atom is 0.0467 e. The summed E-state index contributed by atoms with van der Waals surface area (Å²) in [6, 6.07) is 7.13. The minimum atomic E-state index is 0.358. The second-order valence-corrected chi connectivity index (χ2v) is 6.09. The zero-order chi connectivity index (χ0) is 13.3. The Bertz CT molecular complexity index is 393. The molecule has 3 atom stereocenters. The first-order valence-corrected chi connectivity index (χ1v) is 6.99. The van der Waals surface area contributed by atoms with Gasteiger partial charge in [0.15, 0.2) is 0 Å². The molecule has 3 unspecified atom stereocenters. The Morgan fingerprint density at radius 1 is 1.28 bits per heavy atom. The maximum absolute atomic E-state index is 5.99. The highest BCUT2D eigenvalue weighted by Gasteiger charge is 2.34. The summed E-state index contributed by atoms with van der Waals surface area (Å²) < 4.78 is 0. The molecule has 1 aromatic carbocycles. The number of hydrogen-bond donors (Lipinski definition) is 1. The fourth-order valence-corrected chi connectivity index (χ4v) is 2.92. The number of rotatable bonds is 5. The zero-order valence-corrected chi connectivity index (χ0v) is 12.1. The average molecular weight is 246 g/mol. The van der Waals surface area contributed by atoms with Crippen LogP contribution in [0.1, 0.15) is 36.1 Å². The van der Waals surface area contributed by atoms with Crippen molar-refractivity contribution in [2.75, 3.05) is 20.1 Å². The van der Waals surface area contributed by atoms with E-state index in [1.807, 2.05) is 0 Å². The molecule has 0 aromatic heterocycles. The van der Waals surface area contributed by atoms with Crippen LogP contribution in [0.2, 0.25) is 0 Å². The van der Waals surface area contributed by atoms with Crippen molar-refractivity contribution in [1.29, 1.82) is 0 Å². The van der Waals surface area contributed by atoms with E-state index in [0.29, 0.717) is 12.6 Å². The molecule has 0 heterocycles. The van der Waals surface area contributed by atoms with Gasteiger partial charge in [-0.3, -0.25) is 4.90 Å². The third-order valence-corrected chi connectivity index (χ3v) is 4.18. The van der Waals surface area contributed by atoms with Crippen molar-refractivity contribution in [3.8, 4) is 0 Å². The fourth-order valence-electron chi connectivity index (χ4n) is 2.92. The van der Waals surface area contributed by atoms with Gasteiger partial charge in [-0.2, -0.15) is 0 Å². The summed E-state index contributed by atoms with van der Waals surface area (Å²) in [7, 11) is 2.21. The Balaban J connectivity index is 2.11. The summed E-state index contributed by atoms with van der Waals surface area (Å²) >= 11 is 0. The van der Waals surface area contributed by atoms with Gasteiger partial charge in [0.1, 0.15) is 0 Å². The summed E-state index contributed by atoms with van der Waals surface area (Å²) in [6.07, 6.45) is 1.38. The molecule has 0 amide bonds. The fraction of sp³-hybridized carbons (Fsp3) is 0.625. The van der Waals surface area contributed by atoms with Crippen LogP contribution >= 0.6 is 0 Å². The first kappa shape index (κ1) is 13.6. The maximum atomic E-state index is 5.99. The van der Waals surface area contributed by atoms with Crippen LogP contribution in [-0.2, 0) is 0 Å². The van der Waals surface area contributed by atoms with Crippen molar-refractivity contribution in [3.63, 3.8) is 0 Å². The Hall–Kier alpha value is -0.860. The van der Waals surface area contributed by atoms with E-state index in [0.717, 1.165) is 11.8 Å². The van der Waals surface area contributed by atoms with Crippen LogP contribution in [0.5, 0.6) is 0 Å². The van der Waals surface area contributed by atoms with Gasteiger partial charge in [0.2, 0.25) is 0 Å². The molecule has 1 aliphatic carbocycles. The SMILES string of the molecule is Cc1cc(C)cc(C(CN)N(C)CC2CC2C)c1. The lowest BCUT2D eigenvalue weighted by molar-refractivity contribution is 0.237. The molecule has 0 aliphatic heterocycles. The van der Waals surface area contributed by atoms with E-state index in [1.54, 1.807) is 0 Å². The Morgan fingerprint density at radius 2 is 1.83 bits per heavy atom. The molecule has 2 nitrogen and oxygen atoms in total. The number of hydrogen-bond acceptors (Lipinski definition) is 2. The molecule has 2 N–H and O–H groups in total. The molecule has 1 saturated carbocycles. The van der Waals surface area contributed by atoms with Crippen molar-refractivity contribution in [2.45, 2.75) is 33.2 Å². The topological polar surface area (TPSA) is 29.3 Å². The van der Waals surface area contributed by atoms with Gasteiger partial charge in [0.25, 0.3) is 0 Å². The van der Waals surface area contributed by atoms with E-state index in [4.69, 9.17) is 5.73 Å². The molecule has 2 heteroatoms. The first-order valence-electron chi connectivity index (χ1n) is 6.99. The normalized spacial score (nSPS) is 24.3. The zero-order valence-electron chi connectivity index (χ0n) is 12.1. The van der Waals surface area contributed by atoms with Crippen molar-refractivity contribution >= 4 is 0 Å². The van der Waals surface area contributed by atoms with Crippen LogP contribution < -0.4 is 5.73 Å². The Kier molecular flexibility index (Phi) is 4.08. The van der Waals surface area contributed by atoms with Crippen molar-refractivity contribution in [2.24, 2.45) is 17.6 Å². The second-order valence-electron chi connectivity index (χ2n) is 6.09. The van der Waals surface area contributed by atoms with Crippen LogP contribution in [-0.4, -0.2) is 25.0 Å². The molecule has 1 aromatic rings. The Morgan fingerprint density at radius 3 is 2.28 bits per heavy atom. The molecular formula is C16H26N2.